The summed E-state index contributed by atoms with van der Waals surface area (Å²) >= 11 is 0. The van der Waals surface area contributed by atoms with Crippen molar-refractivity contribution in [3.63, 3.8) is 0 Å². The largest absolute Gasteiger partial charge is 0.468 e. The van der Waals surface area contributed by atoms with Crippen LogP contribution in [-0.2, 0) is 27.3 Å². The van der Waals surface area contributed by atoms with Crippen LogP contribution >= 0.6 is 0 Å². The number of fused-ring (bicyclic) bond motifs is 2. The van der Waals surface area contributed by atoms with Crippen molar-refractivity contribution in [2.75, 3.05) is 7.11 Å². The monoisotopic (exact) mass is 381 g/mol. The van der Waals surface area contributed by atoms with Gasteiger partial charge < -0.3 is 4.74 Å². The number of nitrogens with zero attached hydrogens (tertiary/aromatic N) is 1. The van der Waals surface area contributed by atoms with Crippen molar-refractivity contribution in [1.29, 1.82) is 0 Å². The number of piperidine rings is 1. The Morgan fingerprint density at radius 1 is 1.11 bits per heavy atom. The highest BCUT2D eigenvalue weighted by atomic mass is 19.1. The van der Waals surface area contributed by atoms with E-state index in [1.807, 2.05) is 18.2 Å². The summed E-state index contributed by atoms with van der Waals surface area (Å²) in [4.78, 5) is 28.6. The van der Waals surface area contributed by atoms with E-state index in [4.69, 9.17) is 4.74 Å². The molecule has 0 saturated carbocycles. The fraction of sp³-hybridized carbons (Fsp3) is 0.391. The predicted octanol–water partition coefficient (Wildman–Crippen LogP) is 3.53. The van der Waals surface area contributed by atoms with Crippen molar-refractivity contribution in [3.05, 3.63) is 71.5 Å². The van der Waals surface area contributed by atoms with Gasteiger partial charge in [0.25, 0.3) is 0 Å². The molecule has 2 aliphatic rings. The summed E-state index contributed by atoms with van der Waals surface area (Å²) < 4.78 is 18.5. The lowest BCUT2D eigenvalue weighted by Crippen LogP contribution is -2.61. The summed E-state index contributed by atoms with van der Waals surface area (Å²) in [6.45, 7) is 0.700. The third-order valence-corrected chi connectivity index (χ3v) is 6.28. The Morgan fingerprint density at radius 3 is 2.50 bits per heavy atom. The molecule has 2 aromatic rings. The van der Waals surface area contributed by atoms with E-state index in [9.17, 15) is 14.0 Å². The molecule has 28 heavy (non-hydrogen) atoms. The minimum absolute atomic E-state index is 0.0551. The second-order valence-corrected chi connectivity index (χ2v) is 7.80. The molecule has 2 heterocycles. The quantitative estimate of drug-likeness (QED) is 0.587. The predicted molar refractivity (Wildman–Crippen MR) is 103 cm³/mol. The number of ether oxygens (including phenoxy) is 1. The standard InChI is InChI=1S/C23H24FNO3/c1-28-22(27)23(14-16-7-9-18(24)10-8-16)20-12-11-19(13-21(23)26)25(20)15-17-5-3-2-4-6-17/h2-10,19-20H,11-15H2,1H3/t19-,20-,23-/m1/s1. The van der Waals surface area contributed by atoms with Crippen molar-refractivity contribution >= 4 is 11.8 Å². The molecule has 2 aromatic carbocycles. The van der Waals surface area contributed by atoms with E-state index in [0.29, 0.717) is 13.0 Å². The maximum Gasteiger partial charge on any atom is 0.321 e. The average molecular weight is 381 g/mol. The number of rotatable bonds is 5. The van der Waals surface area contributed by atoms with Crippen LogP contribution in [0, 0.1) is 11.2 Å². The zero-order valence-electron chi connectivity index (χ0n) is 15.9. The molecule has 0 aromatic heterocycles. The Hall–Kier alpha value is -2.53. The fourth-order valence-corrected chi connectivity index (χ4v) is 4.95. The smallest absolute Gasteiger partial charge is 0.321 e. The molecule has 0 N–H and O–H groups in total. The van der Waals surface area contributed by atoms with Crippen molar-refractivity contribution in [2.45, 2.75) is 44.3 Å². The number of methoxy groups -OCH3 is 1. The number of carbonyl (C=O) groups is 2. The van der Waals surface area contributed by atoms with Gasteiger partial charge in [-0.15, -0.1) is 0 Å². The molecule has 146 valence electrons. The highest BCUT2D eigenvalue weighted by Crippen LogP contribution is 2.48. The normalized spacial score (nSPS) is 27.0. The number of benzene rings is 2. The Morgan fingerprint density at radius 2 is 1.82 bits per heavy atom. The number of halogens is 1. The molecule has 5 heteroatoms. The Balaban J connectivity index is 1.71. The number of hydrogen-bond donors (Lipinski definition) is 0. The number of carbonyl (C=O) groups excluding carboxylic acids is 2. The van der Waals surface area contributed by atoms with Crippen LogP contribution in [0.25, 0.3) is 0 Å². The molecule has 0 radical (unpaired) electrons. The third-order valence-electron chi connectivity index (χ3n) is 6.28. The van der Waals surface area contributed by atoms with Gasteiger partial charge in [-0.3, -0.25) is 14.5 Å². The first-order valence-electron chi connectivity index (χ1n) is 9.70. The van der Waals surface area contributed by atoms with Gasteiger partial charge in [0.15, 0.2) is 5.78 Å². The van der Waals surface area contributed by atoms with Crippen molar-refractivity contribution in [3.8, 4) is 0 Å². The van der Waals surface area contributed by atoms with Crippen LogP contribution in [-0.4, -0.2) is 35.8 Å². The van der Waals surface area contributed by atoms with Gasteiger partial charge in [0.1, 0.15) is 11.2 Å². The fourth-order valence-electron chi connectivity index (χ4n) is 4.95. The van der Waals surface area contributed by atoms with E-state index < -0.39 is 11.4 Å². The maximum absolute atomic E-state index is 13.3. The molecule has 2 saturated heterocycles. The molecule has 2 aliphatic heterocycles. The van der Waals surface area contributed by atoms with E-state index in [-0.39, 0.29) is 30.1 Å². The molecule has 0 amide bonds. The van der Waals surface area contributed by atoms with Gasteiger partial charge in [-0.25, -0.2) is 4.39 Å². The Bertz CT molecular complexity index is 867. The molecule has 4 nitrogen and oxygen atoms in total. The van der Waals surface area contributed by atoms with Crippen LogP contribution in [0.15, 0.2) is 54.6 Å². The summed E-state index contributed by atoms with van der Waals surface area (Å²) in [6.07, 6.45) is 2.26. The molecular weight excluding hydrogens is 357 g/mol. The molecule has 0 unspecified atom stereocenters. The van der Waals surface area contributed by atoms with E-state index in [0.717, 1.165) is 24.0 Å². The van der Waals surface area contributed by atoms with Crippen LogP contribution in [0.1, 0.15) is 30.4 Å². The van der Waals surface area contributed by atoms with E-state index in [1.165, 1.54) is 19.2 Å². The van der Waals surface area contributed by atoms with Gasteiger partial charge in [-0.1, -0.05) is 42.5 Å². The van der Waals surface area contributed by atoms with Crippen molar-refractivity contribution in [2.24, 2.45) is 5.41 Å². The lowest BCUT2D eigenvalue weighted by Gasteiger charge is -2.45. The molecule has 2 fully saturated rings. The first-order chi connectivity index (χ1) is 13.5. The summed E-state index contributed by atoms with van der Waals surface area (Å²) in [6, 6.07) is 16.1. The molecule has 0 spiro atoms. The molecular formula is C23H24FNO3. The average Bonchev–Trinajstić information content (AvgIpc) is 3.03. The Kier molecular flexibility index (Phi) is 5.02. The van der Waals surface area contributed by atoms with Gasteiger partial charge in [-0.05, 0) is 42.5 Å². The summed E-state index contributed by atoms with van der Waals surface area (Å²) in [5.74, 6) is -0.872. The number of hydrogen-bond acceptors (Lipinski definition) is 4. The van der Waals surface area contributed by atoms with Gasteiger partial charge in [0, 0.05) is 25.0 Å². The molecule has 2 bridgehead atoms. The molecule has 0 aliphatic carbocycles. The summed E-state index contributed by atoms with van der Waals surface area (Å²) in [5.41, 5.74) is 0.688. The second kappa shape index (κ2) is 7.47. The van der Waals surface area contributed by atoms with Gasteiger partial charge >= 0.3 is 5.97 Å². The zero-order chi connectivity index (χ0) is 19.7. The number of ketones is 1. The van der Waals surface area contributed by atoms with Crippen LogP contribution in [0.3, 0.4) is 0 Å². The highest BCUT2D eigenvalue weighted by Gasteiger charge is 2.61. The minimum atomic E-state index is -1.24. The zero-order valence-corrected chi connectivity index (χ0v) is 15.9. The number of esters is 1. The highest BCUT2D eigenvalue weighted by molar-refractivity contribution is 6.06. The van der Waals surface area contributed by atoms with Crippen molar-refractivity contribution in [1.82, 2.24) is 4.90 Å². The minimum Gasteiger partial charge on any atom is -0.468 e. The van der Waals surface area contributed by atoms with Crippen LogP contribution in [0.4, 0.5) is 4.39 Å². The first kappa shape index (κ1) is 18.8. The third kappa shape index (κ3) is 3.14. The van der Waals surface area contributed by atoms with E-state index >= 15 is 0 Å². The van der Waals surface area contributed by atoms with Crippen molar-refractivity contribution < 1.29 is 18.7 Å². The maximum atomic E-state index is 13.3. The van der Waals surface area contributed by atoms with Crippen LogP contribution < -0.4 is 0 Å². The van der Waals surface area contributed by atoms with Gasteiger partial charge in [0.2, 0.25) is 0 Å². The number of Topliss-reactive ketones (excluding diaryl/α,β-unsaturated/α-hetero) is 1. The first-order valence-corrected chi connectivity index (χ1v) is 9.70. The van der Waals surface area contributed by atoms with E-state index in [1.54, 1.807) is 12.1 Å². The topological polar surface area (TPSA) is 46.6 Å². The van der Waals surface area contributed by atoms with E-state index in [2.05, 4.69) is 17.0 Å². The molecule has 4 rings (SSSR count). The molecule has 3 atom stereocenters. The SMILES string of the molecule is COC(=O)[C@@]1(Cc2ccc(F)cc2)C(=O)C[C@H]2CC[C@H]1N2Cc1ccccc1. The lowest BCUT2D eigenvalue weighted by atomic mass is 9.68. The summed E-state index contributed by atoms with van der Waals surface area (Å²) in [5, 5.41) is 0. The summed E-state index contributed by atoms with van der Waals surface area (Å²) in [7, 11) is 1.34. The van der Waals surface area contributed by atoms with Gasteiger partial charge in [-0.2, -0.15) is 0 Å². The van der Waals surface area contributed by atoms with Gasteiger partial charge in [0.05, 0.1) is 7.11 Å². The Labute approximate surface area is 164 Å². The second-order valence-electron chi connectivity index (χ2n) is 7.80. The van der Waals surface area contributed by atoms with Crippen LogP contribution in [0.5, 0.6) is 0 Å². The van der Waals surface area contributed by atoms with Crippen LogP contribution in [0.2, 0.25) is 0 Å². The lowest BCUT2D eigenvalue weighted by molar-refractivity contribution is -0.167.